The Morgan fingerprint density at radius 1 is 1.35 bits per heavy atom. The molecule has 23 heavy (non-hydrogen) atoms. The highest BCUT2D eigenvalue weighted by atomic mass is 16.5. The van der Waals surface area contributed by atoms with Crippen LogP contribution in [0.25, 0.3) is 0 Å². The molecule has 1 fully saturated rings. The van der Waals surface area contributed by atoms with Crippen molar-refractivity contribution < 1.29 is 14.3 Å². The van der Waals surface area contributed by atoms with Crippen molar-refractivity contribution in [3.63, 3.8) is 0 Å². The molecule has 0 radical (unpaired) electrons. The van der Waals surface area contributed by atoms with E-state index < -0.39 is 6.09 Å². The average Bonchev–Trinajstić information content (AvgIpc) is 2.49. The van der Waals surface area contributed by atoms with Crippen molar-refractivity contribution in [1.29, 1.82) is 0 Å². The van der Waals surface area contributed by atoms with Gasteiger partial charge in [-0.1, -0.05) is 30.3 Å². The summed E-state index contributed by atoms with van der Waals surface area (Å²) < 4.78 is 5.28. The summed E-state index contributed by atoms with van der Waals surface area (Å²) in [7, 11) is 1.84. The van der Waals surface area contributed by atoms with Crippen LogP contribution < -0.4 is 5.32 Å². The molecule has 1 aliphatic heterocycles. The maximum atomic E-state index is 12.0. The number of amides is 2. The Balaban J connectivity index is 1.78. The minimum atomic E-state index is -0.404. The van der Waals surface area contributed by atoms with Crippen LogP contribution in [0.5, 0.6) is 0 Å². The van der Waals surface area contributed by atoms with Crippen molar-refractivity contribution in [2.24, 2.45) is 5.92 Å². The summed E-state index contributed by atoms with van der Waals surface area (Å²) >= 11 is 0. The van der Waals surface area contributed by atoms with Gasteiger partial charge in [0.2, 0.25) is 5.91 Å². The summed E-state index contributed by atoms with van der Waals surface area (Å²) in [6.07, 6.45) is 1.90. The van der Waals surface area contributed by atoms with E-state index in [0.717, 1.165) is 24.9 Å². The first-order chi connectivity index (χ1) is 10.9. The van der Waals surface area contributed by atoms with Crippen LogP contribution >= 0.6 is 0 Å². The van der Waals surface area contributed by atoms with E-state index in [4.69, 9.17) is 4.74 Å². The zero-order valence-corrected chi connectivity index (χ0v) is 14.2. The van der Waals surface area contributed by atoms with Gasteiger partial charge in [0.1, 0.15) is 6.61 Å². The second kappa shape index (κ2) is 7.49. The summed E-state index contributed by atoms with van der Waals surface area (Å²) in [6, 6.07) is 9.61. The maximum absolute atomic E-state index is 12.0. The number of rotatable bonds is 5. The minimum absolute atomic E-state index is 0.203. The molecule has 1 N–H and O–H groups in total. The molecule has 2 rings (SSSR count). The Labute approximate surface area is 138 Å². The fourth-order valence-corrected chi connectivity index (χ4v) is 3.07. The van der Waals surface area contributed by atoms with Gasteiger partial charge in [0.25, 0.3) is 0 Å². The third-order valence-corrected chi connectivity index (χ3v) is 4.18. The number of ether oxygens (including phenoxy) is 1. The van der Waals surface area contributed by atoms with Crippen molar-refractivity contribution in [2.45, 2.75) is 45.3 Å². The predicted molar refractivity (Wildman–Crippen MR) is 88.8 cm³/mol. The lowest BCUT2D eigenvalue weighted by Crippen LogP contribution is -2.47. The van der Waals surface area contributed by atoms with E-state index >= 15 is 0 Å². The summed E-state index contributed by atoms with van der Waals surface area (Å²) in [6.45, 7) is 5.01. The fourth-order valence-electron chi connectivity index (χ4n) is 3.07. The minimum Gasteiger partial charge on any atom is -0.445 e. The van der Waals surface area contributed by atoms with Crippen LogP contribution in [-0.2, 0) is 16.1 Å². The van der Waals surface area contributed by atoms with Gasteiger partial charge in [-0.05, 0) is 38.2 Å². The van der Waals surface area contributed by atoms with E-state index in [9.17, 15) is 9.59 Å². The lowest BCUT2D eigenvalue weighted by molar-refractivity contribution is -0.133. The zero-order chi connectivity index (χ0) is 16.9. The third kappa shape index (κ3) is 5.58. The lowest BCUT2D eigenvalue weighted by atomic mass is 9.85. The Bertz CT molecular complexity index is 542. The van der Waals surface area contributed by atoms with Gasteiger partial charge >= 0.3 is 6.09 Å². The van der Waals surface area contributed by atoms with E-state index in [2.05, 4.69) is 5.32 Å². The molecule has 1 heterocycles. The van der Waals surface area contributed by atoms with Crippen LogP contribution in [0.15, 0.2) is 30.3 Å². The normalized spacial score (nSPS) is 18.7. The average molecular weight is 318 g/mol. The van der Waals surface area contributed by atoms with E-state index in [0.29, 0.717) is 12.3 Å². The Morgan fingerprint density at radius 2 is 2.04 bits per heavy atom. The molecule has 1 aromatic rings. The second-order valence-electron chi connectivity index (χ2n) is 6.95. The second-order valence-corrected chi connectivity index (χ2v) is 6.95. The molecule has 0 unspecified atom stereocenters. The van der Waals surface area contributed by atoms with E-state index in [-0.39, 0.29) is 18.1 Å². The topological polar surface area (TPSA) is 58.6 Å². The SMILES string of the molecule is CN1C[C@@H](CC(C)(C)NC(=O)OCc2ccccc2)CCC1=O. The molecule has 5 heteroatoms. The van der Waals surface area contributed by atoms with Crippen LogP contribution in [0.4, 0.5) is 4.79 Å². The van der Waals surface area contributed by atoms with Gasteiger partial charge in [-0.2, -0.15) is 0 Å². The quantitative estimate of drug-likeness (QED) is 0.908. The molecule has 0 aromatic heterocycles. The molecular weight excluding hydrogens is 292 g/mol. The van der Waals surface area contributed by atoms with Gasteiger partial charge in [-0.3, -0.25) is 4.79 Å². The first-order valence-corrected chi connectivity index (χ1v) is 8.08. The molecule has 2 amide bonds. The Hall–Kier alpha value is -2.04. The van der Waals surface area contributed by atoms with Crippen molar-refractivity contribution in [2.75, 3.05) is 13.6 Å². The molecule has 1 atom stereocenters. The number of hydrogen-bond acceptors (Lipinski definition) is 3. The number of alkyl carbamates (subject to hydrolysis) is 1. The summed E-state index contributed by atoms with van der Waals surface area (Å²) in [5.41, 5.74) is 0.604. The highest BCUT2D eigenvalue weighted by molar-refractivity contribution is 5.76. The fraction of sp³-hybridized carbons (Fsp3) is 0.556. The molecular formula is C18H26N2O3. The molecule has 1 aliphatic rings. The number of piperidine rings is 1. The van der Waals surface area contributed by atoms with Crippen molar-refractivity contribution >= 4 is 12.0 Å². The molecule has 0 aliphatic carbocycles. The number of likely N-dealkylation sites (tertiary alicyclic amines) is 1. The van der Waals surface area contributed by atoms with Crippen molar-refractivity contribution in [3.8, 4) is 0 Å². The van der Waals surface area contributed by atoms with Gasteiger partial charge in [-0.15, -0.1) is 0 Å². The van der Waals surface area contributed by atoms with Gasteiger partial charge < -0.3 is 15.0 Å². The monoisotopic (exact) mass is 318 g/mol. The molecule has 0 bridgehead atoms. The van der Waals surface area contributed by atoms with Crippen molar-refractivity contribution in [1.82, 2.24) is 10.2 Å². The lowest BCUT2D eigenvalue weighted by Gasteiger charge is -2.35. The van der Waals surface area contributed by atoms with Crippen LogP contribution in [-0.4, -0.2) is 36.0 Å². The zero-order valence-electron chi connectivity index (χ0n) is 14.2. The molecule has 0 spiro atoms. The number of benzene rings is 1. The molecule has 126 valence electrons. The van der Waals surface area contributed by atoms with Crippen LogP contribution in [0.2, 0.25) is 0 Å². The van der Waals surface area contributed by atoms with E-state index in [1.807, 2.05) is 51.2 Å². The Kier molecular flexibility index (Phi) is 5.64. The highest BCUT2D eigenvalue weighted by Gasteiger charge is 2.30. The first-order valence-electron chi connectivity index (χ1n) is 8.08. The third-order valence-electron chi connectivity index (χ3n) is 4.18. The number of hydrogen-bond donors (Lipinski definition) is 1. The predicted octanol–water partition coefficient (Wildman–Crippen LogP) is 2.95. The van der Waals surface area contributed by atoms with Gasteiger partial charge in [-0.25, -0.2) is 4.79 Å². The molecule has 1 saturated heterocycles. The number of carbonyl (C=O) groups excluding carboxylic acids is 2. The summed E-state index contributed by atoms with van der Waals surface area (Å²) in [5, 5.41) is 2.94. The molecule has 0 saturated carbocycles. The smallest absolute Gasteiger partial charge is 0.407 e. The number of nitrogens with one attached hydrogen (secondary N) is 1. The van der Waals surface area contributed by atoms with Crippen LogP contribution in [0.3, 0.4) is 0 Å². The van der Waals surface area contributed by atoms with Crippen LogP contribution in [0.1, 0.15) is 38.7 Å². The van der Waals surface area contributed by atoms with E-state index in [1.54, 1.807) is 4.90 Å². The largest absolute Gasteiger partial charge is 0.445 e. The van der Waals surface area contributed by atoms with E-state index in [1.165, 1.54) is 0 Å². The van der Waals surface area contributed by atoms with Gasteiger partial charge in [0, 0.05) is 25.6 Å². The van der Waals surface area contributed by atoms with Gasteiger partial charge in [0.15, 0.2) is 0 Å². The molecule has 5 nitrogen and oxygen atoms in total. The standard InChI is InChI=1S/C18H26N2O3/c1-18(2,11-15-9-10-16(21)20(3)12-15)19-17(22)23-13-14-7-5-4-6-8-14/h4-8,15H,9-13H2,1-3H3,(H,19,22)/t15-/m1/s1. The number of carbonyl (C=O) groups is 2. The summed E-state index contributed by atoms with van der Waals surface area (Å²) in [5.74, 6) is 0.608. The number of nitrogens with zero attached hydrogens (tertiary/aromatic N) is 1. The maximum Gasteiger partial charge on any atom is 0.407 e. The van der Waals surface area contributed by atoms with Crippen molar-refractivity contribution in [3.05, 3.63) is 35.9 Å². The van der Waals surface area contributed by atoms with Gasteiger partial charge in [0.05, 0.1) is 0 Å². The summed E-state index contributed by atoms with van der Waals surface area (Å²) in [4.78, 5) is 25.3. The first kappa shape index (κ1) is 17.3. The highest BCUT2D eigenvalue weighted by Crippen LogP contribution is 2.25. The molecule has 1 aromatic carbocycles. The van der Waals surface area contributed by atoms with Crippen LogP contribution in [0, 0.1) is 5.92 Å². The Morgan fingerprint density at radius 3 is 2.70 bits per heavy atom.